The molecule has 1 aliphatic rings. The zero-order valence-electron chi connectivity index (χ0n) is 14.3. The number of para-hydroxylation sites is 1. The number of rotatable bonds is 3. The van der Waals surface area contributed by atoms with Gasteiger partial charge in [0.2, 0.25) is 0 Å². The third kappa shape index (κ3) is 3.55. The highest BCUT2D eigenvalue weighted by atomic mass is 35.5. The lowest BCUT2D eigenvalue weighted by Gasteiger charge is -2.21. The minimum absolute atomic E-state index is 0.114. The second kappa shape index (κ2) is 7.43. The van der Waals surface area contributed by atoms with Crippen molar-refractivity contribution in [2.24, 2.45) is 0 Å². The molecule has 1 heterocycles. The van der Waals surface area contributed by atoms with Gasteiger partial charge in [-0.2, -0.15) is 0 Å². The largest absolute Gasteiger partial charge is 0.275 e. The van der Waals surface area contributed by atoms with Crippen molar-refractivity contribution in [1.29, 1.82) is 0 Å². The van der Waals surface area contributed by atoms with Gasteiger partial charge in [-0.3, -0.25) is 9.69 Å². The Morgan fingerprint density at radius 2 is 1.44 bits per heavy atom. The number of halogens is 2. The van der Waals surface area contributed by atoms with Gasteiger partial charge in [-0.05, 0) is 47.5 Å². The summed E-state index contributed by atoms with van der Waals surface area (Å²) in [6, 6.07) is 24.6. The second-order valence-corrected chi connectivity index (χ2v) is 6.98. The van der Waals surface area contributed by atoms with Gasteiger partial charge in [0.15, 0.2) is 0 Å². The maximum Gasteiger partial charge on any atom is 0.262 e. The molecule has 3 aromatic rings. The standard InChI is InChI=1S/C23H15Cl2NO/c24-19-12-10-16(11-13-19)14-18-15-22(17-6-2-1-3-7-17)26(23(18)27)21-9-5-4-8-20(21)25/h1-15H/b18-14+. The summed E-state index contributed by atoms with van der Waals surface area (Å²) in [6.07, 6.45) is 3.76. The van der Waals surface area contributed by atoms with E-state index in [4.69, 9.17) is 23.2 Å². The number of nitrogens with zero attached hydrogens (tertiary/aromatic N) is 1. The highest BCUT2D eigenvalue weighted by Crippen LogP contribution is 2.38. The fraction of sp³-hybridized carbons (Fsp3) is 0. The third-order valence-electron chi connectivity index (χ3n) is 4.34. The second-order valence-electron chi connectivity index (χ2n) is 6.14. The first-order valence-electron chi connectivity index (χ1n) is 8.47. The minimum Gasteiger partial charge on any atom is -0.275 e. The van der Waals surface area contributed by atoms with Crippen LogP contribution in [0.5, 0.6) is 0 Å². The smallest absolute Gasteiger partial charge is 0.262 e. The van der Waals surface area contributed by atoms with Crippen LogP contribution in [0, 0.1) is 0 Å². The van der Waals surface area contributed by atoms with E-state index in [0.29, 0.717) is 21.3 Å². The third-order valence-corrected chi connectivity index (χ3v) is 4.91. The molecule has 0 fully saturated rings. The van der Waals surface area contributed by atoms with Gasteiger partial charge < -0.3 is 0 Å². The molecule has 0 aromatic heterocycles. The van der Waals surface area contributed by atoms with Gasteiger partial charge >= 0.3 is 0 Å². The highest BCUT2D eigenvalue weighted by molar-refractivity contribution is 6.35. The van der Waals surface area contributed by atoms with Crippen LogP contribution in [0.3, 0.4) is 0 Å². The van der Waals surface area contributed by atoms with Crippen LogP contribution in [0.25, 0.3) is 11.8 Å². The summed E-state index contributed by atoms with van der Waals surface area (Å²) in [5, 5.41) is 1.19. The lowest BCUT2D eigenvalue weighted by atomic mass is 10.1. The number of carbonyl (C=O) groups excluding carboxylic acids is 1. The van der Waals surface area contributed by atoms with Gasteiger partial charge in [0.1, 0.15) is 0 Å². The van der Waals surface area contributed by atoms with Gasteiger partial charge in [0.25, 0.3) is 5.91 Å². The van der Waals surface area contributed by atoms with Gasteiger partial charge in [0.05, 0.1) is 16.4 Å². The molecule has 1 amide bonds. The van der Waals surface area contributed by atoms with Crippen LogP contribution >= 0.6 is 23.2 Å². The lowest BCUT2D eigenvalue weighted by molar-refractivity contribution is -0.113. The Morgan fingerprint density at radius 1 is 0.778 bits per heavy atom. The molecule has 4 heteroatoms. The van der Waals surface area contributed by atoms with Crippen LogP contribution < -0.4 is 4.90 Å². The van der Waals surface area contributed by atoms with Crippen LogP contribution in [-0.4, -0.2) is 5.91 Å². The van der Waals surface area contributed by atoms with Crippen LogP contribution in [0.1, 0.15) is 11.1 Å². The molecule has 27 heavy (non-hydrogen) atoms. The van der Waals surface area contributed by atoms with Gasteiger partial charge in [-0.15, -0.1) is 0 Å². The molecule has 0 spiro atoms. The van der Waals surface area contributed by atoms with E-state index in [0.717, 1.165) is 16.8 Å². The van der Waals surface area contributed by atoms with Crippen LogP contribution in [0.2, 0.25) is 10.0 Å². The Hall–Kier alpha value is -2.81. The number of anilines is 1. The lowest BCUT2D eigenvalue weighted by Crippen LogP contribution is -2.25. The summed E-state index contributed by atoms with van der Waals surface area (Å²) >= 11 is 12.4. The summed E-state index contributed by atoms with van der Waals surface area (Å²) in [6.45, 7) is 0. The predicted octanol–water partition coefficient (Wildman–Crippen LogP) is 6.46. The number of amides is 1. The summed E-state index contributed by atoms with van der Waals surface area (Å²) in [4.78, 5) is 14.9. The van der Waals surface area contributed by atoms with E-state index in [2.05, 4.69) is 0 Å². The molecule has 0 unspecified atom stereocenters. The molecule has 0 N–H and O–H groups in total. The highest BCUT2D eigenvalue weighted by Gasteiger charge is 2.31. The fourth-order valence-corrected chi connectivity index (χ4v) is 3.39. The van der Waals surface area contributed by atoms with E-state index >= 15 is 0 Å². The summed E-state index contributed by atoms with van der Waals surface area (Å²) in [5.41, 5.74) is 3.92. The van der Waals surface area contributed by atoms with Crippen LogP contribution in [0.4, 0.5) is 5.69 Å². The van der Waals surface area contributed by atoms with Crippen molar-refractivity contribution in [3.8, 4) is 0 Å². The predicted molar refractivity (Wildman–Crippen MR) is 113 cm³/mol. The molecule has 2 nitrogen and oxygen atoms in total. The Morgan fingerprint density at radius 3 is 2.15 bits per heavy atom. The normalized spacial score (nSPS) is 15.3. The molecule has 0 saturated carbocycles. The van der Waals surface area contributed by atoms with E-state index in [1.54, 1.807) is 23.1 Å². The molecule has 132 valence electrons. The molecule has 1 aliphatic heterocycles. The van der Waals surface area contributed by atoms with E-state index in [1.807, 2.05) is 72.8 Å². The van der Waals surface area contributed by atoms with Crippen molar-refractivity contribution in [2.45, 2.75) is 0 Å². The Labute approximate surface area is 168 Å². The quantitative estimate of drug-likeness (QED) is 0.468. The van der Waals surface area contributed by atoms with Gasteiger partial charge in [-0.25, -0.2) is 0 Å². The van der Waals surface area contributed by atoms with Crippen molar-refractivity contribution in [3.05, 3.63) is 112 Å². The molecule has 0 aliphatic carbocycles. The molecular formula is C23H15Cl2NO. The summed E-state index contributed by atoms with van der Waals surface area (Å²) in [5.74, 6) is -0.114. The van der Waals surface area contributed by atoms with Crippen molar-refractivity contribution < 1.29 is 4.79 Å². The number of hydrogen-bond acceptors (Lipinski definition) is 1. The molecule has 0 atom stereocenters. The summed E-state index contributed by atoms with van der Waals surface area (Å²) in [7, 11) is 0. The zero-order chi connectivity index (χ0) is 18.8. The van der Waals surface area contributed by atoms with Crippen molar-refractivity contribution >= 4 is 46.6 Å². The van der Waals surface area contributed by atoms with Gasteiger partial charge in [-0.1, -0.05) is 77.8 Å². The molecule has 0 bridgehead atoms. The molecule has 0 radical (unpaired) electrons. The van der Waals surface area contributed by atoms with E-state index in [9.17, 15) is 4.79 Å². The first kappa shape index (κ1) is 17.6. The number of benzene rings is 3. The zero-order valence-corrected chi connectivity index (χ0v) is 15.8. The van der Waals surface area contributed by atoms with E-state index in [-0.39, 0.29) is 5.91 Å². The molecule has 0 saturated heterocycles. The number of carbonyl (C=O) groups is 1. The Bertz CT molecular complexity index is 1050. The maximum atomic E-state index is 13.2. The average Bonchev–Trinajstić information content (AvgIpc) is 3.01. The SMILES string of the molecule is O=C1/C(=C/c2ccc(Cl)cc2)C=C(c2ccccc2)N1c1ccccc1Cl. The van der Waals surface area contributed by atoms with Crippen LogP contribution in [-0.2, 0) is 4.79 Å². The first-order valence-corrected chi connectivity index (χ1v) is 9.22. The molecule has 3 aromatic carbocycles. The van der Waals surface area contributed by atoms with Gasteiger partial charge in [0, 0.05) is 10.6 Å². The average molecular weight is 392 g/mol. The monoisotopic (exact) mass is 391 g/mol. The molecular weight excluding hydrogens is 377 g/mol. The Kier molecular flexibility index (Phi) is 4.85. The van der Waals surface area contributed by atoms with Crippen molar-refractivity contribution in [3.63, 3.8) is 0 Å². The molecule has 4 rings (SSSR count). The summed E-state index contributed by atoms with van der Waals surface area (Å²) < 4.78 is 0. The minimum atomic E-state index is -0.114. The maximum absolute atomic E-state index is 13.2. The van der Waals surface area contributed by atoms with E-state index in [1.165, 1.54) is 0 Å². The van der Waals surface area contributed by atoms with Crippen molar-refractivity contribution in [2.75, 3.05) is 4.90 Å². The van der Waals surface area contributed by atoms with Crippen LogP contribution in [0.15, 0.2) is 90.5 Å². The van der Waals surface area contributed by atoms with E-state index < -0.39 is 0 Å². The topological polar surface area (TPSA) is 20.3 Å². The first-order chi connectivity index (χ1) is 13.1. The Balaban J connectivity index is 1.84. The fourth-order valence-electron chi connectivity index (χ4n) is 3.05. The number of hydrogen-bond donors (Lipinski definition) is 0. The van der Waals surface area contributed by atoms with Crippen molar-refractivity contribution in [1.82, 2.24) is 0 Å².